The number of ether oxygens (including phenoxy) is 1. The Hall–Kier alpha value is -1.04. The van der Waals surface area contributed by atoms with Crippen LogP contribution in [0.15, 0.2) is 12.1 Å². The molecule has 17 heavy (non-hydrogen) atoms. The van der Waals surface area contributed by atoms with Gasteiger partial charge in [0.15, 0.2) is 17.5 Å². The molecule has 0 spiro atoms. The van der Waals surface area contributed by atoms with E-state index in [1.54, 1.807) is 6.92 Å². The van der Waals surface area contributed by atoms with E-state index in [-0.39, 0.29) is 18.6 Å². The standard InChI is InChI=1S/C11H10BrF3O2/c1-2-17-11(16)7(12)5-6-3-4-8(13)10(15)9(6)14/h3-4,7H,2,5H2,1H3. The first kappa shape index (κ1) is 14.0. The number of benzene rings is 1. The highest BCUT2D eigenvalue weighted by Gasteiger charge is 2.21. The molecular formula is C11H10BrF3O2. The third kappa shape index (κ3) is 3.46. The summed E-state index contributed by atoms with van der Waals surface area (Å²) in [6.07, 6.45) is -0.109. The SMILES string of the molecule is CCOC(=O)C(Br)Cc1ccc(F)c(F)c1F. The Morgan fingerprint density at radius 3 is 2.59 bits per heavy atom. The molecule has 0 heterocycles. The molecule has 1 atom stereocenters. The van der Waals surface area contributed by atoms with E-state index < -0.39 is 28.2 Å². The second-order valence-electron chi connectivity index (χ2n) is 3.26. The van der Waals surface area contributed by atoms with Crippen LogP contribution in [-0.4, -0.2) is 17.4 Å². The number of hydrogen-bond acceptors (Lipinski definition) is 2. The third-order valence-electron chi connectivity index (χ3n) is 2.06. The van der Waals surface area contributed by atoms with Gasteiger partial charge in [0, 0.05) is 0 Å². The van der Waals surface area contributed by atoms with Crippen LogP contribution in [-0.2, 0) is 16.0 Å². The van der Waals surface area contributed by atoms with Crippen molar-refractivity contribution >= 4 is 21.9 Å². The molecule has 1 aromatic rings. The Balaban J connectivity index is 2.82. The van der Waals surface area contributed by atoms with Crippen molar-refractivity contribution in [3.63, 3.8) is 0 Å². The minimum Gasteiger partial charge on any atom is -0.465 e. The van der Waals surface area contributed by atoms with Crippen molar-refractivity contribution in [3.8, 4) is 0 Å². The fraction of sp³-hybridized carbons (Fsp3) is 0.364. The molecule has 0 saturated heterocycles. The summed E-state index contributed by atoms with van der Waals surface area (Å²) in [6.45, 7) is 1.83. The number of esters is 1. The van der Waals surface area contributed by atoms with Gasteiger partial charge in [-0.3, -0.25) is 4.79 Å². The highest BCUT2D eigenvalue weighted by Crippen LogP contribution is 2.19. The molecule has 0 aliphatic carbocycles. The summed E-state index contributed by atoms with van der Waals surface area (Å²) < 4.78 is 43.5. The van der Waals surface area contributed by atoms with E-state index in [0.717, 1.165) is 12.1 Å². The van der Waals surface area contributed by atoms with E-state index in [4.69, 9.17) is 4.74 Å². The molecule has 94 valence electrons. The minimum absolute atomic E-state index is 0.0844. The van der Waals surface area contributed by atoms with Crippen LogP contribution in [0, 0.1) is 17.5 Å². The quantitative estimate of drug-likeness (QED) is 0.485. The first-order chi connectivity index (χ1) is 7.97. The molecule has 0 amide bonds. The molecule has 0 aromatic heterocycles. The second-order valence-corrected chi connectivity index (χ2v) is 4.36. The van der Waals surface area contributed by atoms with Gasteiger partial charge in [0.1, 0.15) is 4.83 Å². The fourth-order valence-corrected chi connectivity index (χ4v) is 1.71. The molecule has 0 saturated carbocycles. The molecule has 1 aromatic carbocycles. The minimum atomic E-state index is -1.54. The van der Waals surface area contributed by atoms with Gasteiger partial charge in [-0.25, -0.2) is 13.2 Å². The van der Waals surface area contributed by atoms with Crippen molar-refractivity contribution < 1.29 is 22.7 Å². The number of carbonyl (C=O) groups is 1. The summed E-state index contributed by atoms with van der Waals surface area (Å²) in [7, 11) is 0. The summed E-state index contributed by atoms with van der Waals surface area (Å²) in [5.41, 5.74) is -0.0844. The highest BCUT2D eigenvalue weighted by atomic mass is 79.9. The number of halogens is 4. The number of carbonyl (C=O) groups excluding carboxylic acids is 1. The lowest BCUT2D eigenvalue weighted by Gasteiger charge is -2.10. The molecule has 1 unspecified atom stereocenters. The second kappa shape index (κ2) is 6.05. The zero-order valence-electron chi connectivity index (χ0n) is 8.97. The lowest BCUT2D eigenvalue weighted by molar-refractivity contribution is -0.142. The van der Waals surface area contributed by atoms with Crippen molar-refractivity contribution in [1.29, 1.82) is 0 Å². The summed E-state index contributed by atoms with van der Waals surface area (Å²) >= 11 is 3.00. The van der Waals surface area contributed by atoms with E-state index in [1.807, 2.05) is 0 Å². The van der Waals surface area contributed by atoms with E-state index in [9.17, 15) is 18.0 Å². The van der Waals surface area contributed by atoms with Crippen LogP contribution in [0.25, 0.3) is 0 Å². The first-order valence-corrected chi connectivity index (χ1v) is 5.82. The van der Waals surface area contributed by atoms with Crippen LogP contribution >= 0.6 is 15.9 Å². The maximum absolute atomic E-state index is 13.3. The van der Waals surface area contributed by atoms with Crippen molar-refractivity contribution in [1.82, 2.24) is 0 Å². The maximum Gasteiger partial charge on any atom is 0.320 e. The fourth-order valence-electron chi connectivity index (χ4n) is 1.23. The molecule has 2 nitrogen and oxygen atoms in total. The molecule has 0 bridgehead atoms. The number of alkyl halides is 1. The Morgan fingerprint density at radius 1 is 1.35 bits per heavy atom. The number of rotatable bonds is 4. The lowest BCUT2D eigenvalue weighted by Crippen LogP contribution is -2.20. The Morgan fingerprint density at radius 2 is 2.00 bits per heavy atom. The smallest absolute Gasteiger partial charge is 0.320 e. The highest BCUT2D eigenvalue weighted by molar-refractivity contribution is 9.10. The van der Waals surface area contributed by atoms with Crippen LogP contribution in [0.1, 0.15) is 12.5 Å². The Kier molecular flexibility index (Phi) is 4.99. The normalized spacial score (nSPS) is 12.3. The van der Waals surface area contributed by atoms with Crippen LogP contribution in [0.5, 0.6) is 0 Å². The van der Waals surface area contributed by atoms with Gasteiger partial charge in [-0.05, 0) is 25.0 Å². The van der Waals surface area contributed by atoms with Gasteiger partial charge in [0.05, 0.1) is 6.61 Å². The lowest BCUT2D eigenvalue weighted by atomic mass is 10.1. The molecule has 6 heteroatoms. The monoisotopic (exact) mass is 310 g/mol. The van der Waals surface area contributed by atoms with Crippen LogP contribution in [0.2, 0.25) is 0 Å². The Bertz CT molecular complexity index is 423. The zero-order valence-corrected chi connectivity index (χ0v) is 10.6. The molecule has 0 aliphatic heterocycles. The zero-order chi connectivity index (χ0) is 13.0. The van der Waals surface area contributed by atoms with Crippen molar-refractivity contribution in [2.45, 2.75) is 18.2 Å². The van der Waals surface area contributed by atoms with Crippen molar-refractivity contribution in [3.05, 3.63) is 35.1 Å². The average Bonchev–Trinajstić information content (AvgIpc) is 2.30. The van der Waals surface area contributed by atoms with Gasteiger partial charge in [-0.2, -0.15) is 0 Å². The maximum atomic E-state index is 13.3. The molecular weight excluding hydrogens is 301 g/mol. The van der Waals surface area contributed by atoms with Crippen molar-refractivity contribution in [2.75, 3.05) is 6.61 Å². The molecule has 0 aliphatic rings. The Labute approximate surface area is 105 Å². The van der Waals surface area contributed by atoms with Gasteiger partial charge >= 0.3 is 5.97 Å². The molecule has 0 N–H and O–H groups in total. The summed E-state index contributed by atoms with van der Waals surface area (Å²) in [4.78, 5) is 10.5. The predicted octanol–water partition coefficient (Wildman–Crippen LogP) is 2.97. The van der Waals surface area contributed by atoms with Gasteiger partial charge in [0.2, 0.25) is 0 Å². The molecule has 0 fully saturated rings. The van der Waals surface area contributed by atoms with E-state index in [2.05, 4.69) is 15.9 Å². The van der Waals surface area contributed by atoms with Gasteiger partial charge in [0.25, 0.3) is 0 Å². The molecule has 0 radical (unpaired) electrons. The number of hydrogen-bond donors (Lipinski definition) is 0. The van der Waals surface area contributed by atoms with E-state index in [0.29, 0.717) is 0 Å². The average molecular weight is 311 g/mol. The first-order valence-electron chi connectivity index (χ1n) is 4.90. The predicted molar refractivity (Wildman–Crippen MR) is 59.4 cm³/mol. The third-order valence-corrected chi connectivity index (χ3v) is 2.75. The van der Waals surface area contributed by atoms with E-state index in [1.165, 1.54) is 0 Å². The van der Waals surface area contributed by atoms with Crippen LogP contribution in [0.3, 0.4) is 0 Å². The van der Waals surface area contributed by atoms with Crippen molar-refractivity contribution in [2.24, 2.45) is 0 Å². The molecule has 1 rings (SSSR count). The van der Waals surface area contributed by atoms with Crippen LogP contribution < -0.4 is 0 Å². The summed E-state index contributed by atoms with van der Waals surface area (Å²) in [5.74, 6) is -4.64. The van der Waals surface area contributed by atoms with E-state index >= 15 is 0 Å². The summed E-state index contributed by atoms with van der Waals surface area (Å²) in [5, 5.41) is 0. The van der Waals surface area contributed by atoms with Gasteiger partial charge < -0.3 is 4.74 Å². The topological polar surface area (TPSA) is 26.3 Å². The van der Waals surface area contributed by atoms with Crippen LogP contribution in [0.4, 0.5) is 13.2 Å². The van der Waals surface area contributed by atoms with Gasteiger partial charge in [-0.1, -0.05) is 22.0 Å². The van der Waals surface area contributed by atoms with Gasteiger partial charge in [-0.15, -0.1) is 0 Å². The largest absolute Gasteiger partial charge is 0.465 e. The summed E-state index contributed by atoms with van der Waals surface area (Å²) in [6, 6.07) is 1.92.